The van der Waals surface area contributed by atoms with Crippen molar-refractivity contribution in [2.75, 3.05) is 6.61 Å². The number of hydrogen-bond acceptors (Lipinski definition) is 2. The second-order valence-corrected chi connectivity index (χ2v) is 4.27. The molecule has 1 aliphatic rings. The van der Waals surface area contributed by atoms with Crippen molar-refractivity contribution < 1.29 is 9.53 Å². The molecule has 0 aromatic carbocycles. The quantitative estimate of drug-likeness (QED) is 0.366. The molecule has 0 heterocycles. The van der Waals surface area contributed by atoms with Gasteiger partial charge in [-0.1, -0.05) is 32.3 Å². The zero-order valence-corrected chi connectivity index (χ0v) is 9.87. The molecule has 0 aromatic heterocycles. The van der Waals surface area contributed by atoms with Gasteiger partial charge in [0, 0.05) is 6.08 Å². The fourth-order valence-corrected chi connectivity index (χ4v) is 1.89. The smallest absolute Gasteiger partial charge is 0.330 e. The molecule has 15 heavy (non-hydrogen) atoms. The van der Waals surface area contributed by atoms with Gasteiger partial charge in [-0.05, 0) is 31.6 Å². The van der Waals surface area contributed by atoms with E-state index in [1.54, 1.807) is 6.08 Å². The molecule has 2 heteroatoms. The van der Waals surface area contributed by atoms with E-state index >= 15 is 0 Å². The Morgan fingerprint density at radius 1 is 1.40 bits per heavy atom. The van der Waals surface area contributed by atoms with Gasteiger partial charge in [0.2, 0.25) is 0 Å². The van der Waals surface area contributed by atoms with E-state index in [-0.39, 0.29) is 5.97 Å². The molecule has 1 fully saturated rings. The minimum Gasteiger partial charge on any atom is -0.463 e. The standard InChI is InChI=1S/C13H22O2/c1-3-5-6-7-11-10-12(11)8-9-13(14)15-4-2/h8-9,11-12H,3-7,10H2,1-2H3/b9-8-/t11-,12-/m1/s1. The molecule has 0 saturated heterocycles. The number of carbonyl (C=O) groups excluding carboxylic acids is 1. The first-order chi connectivity index (χ1) is 7.27. The fourth-order valence-electron chi connectivity index (χ4n) is 1.89. The summed E-state index contributed by atoms with van der Waals surface area (Å²) in [5, 5.41) is 0. The van der Waals surface area contributed by atoms with Gasteiger partial charge in [-0.15, -0.1) is 0 Å². The Labute approximate surface area is 92.7 Å². The Morgan fingerprint density at radius 2 is 2.20 bits per heavy atom. The van der Waals surface area contributed by atoms with Crippen LogP contribution in [-0.4, -0.2) is 12.6 Å². The van der Waals surface area contributed by atoms with Gasteiger partial charge in [-0.3, -0.25) is 0 Å². The third-order valence-corrected chi connectivity index (χ3v) is 2.92. The molecule has 0 spiro atoms. The number of hydrogen-bond donors (Lipinski definition) is 0. The van der Waals surface area contributed by atoms with Crippen molar-refractivity contribution in [3.8, 4) is 0 Å². The van der Waals surface area contributed by atoms with Crippen LogP contribution in [0.4, 0.5) is 0 Å². The van der Waals surface area contributed by atoms with E-state index in [1.165, 1.54) is 32.1 Å². The molecular formula is C13H22O2. The number of ether oxygens (including phenoxy) is 1. The van der Waals surface area contributed by atoms with Crippen molar-refractivity contribution in [2.24, 2.45) is 11.8 Å². The zero-order valence-electron chi connectivity index (χ0n) is 9.87. The minimum atomic E-state index is -0.197. The van der Waals surface area contributed by atoms with Crippen LogP contribution in [0.25, 0.3) is 0 Å². The van der Waals surface area contributed by atoms with Crippen molar-refractivity contribution in [1.82, 2.24) is 0 Å². The van der Waals surface area contributed by atoms with Crippen LogP contribution in [0.1, 0.15) is 46.0 Å². The third kappa shape index (κ3) is 5.01. The molecule has 2 nitrogen and oxygen atoms in total. The zero-order chi connectivity index (χ0) is 11.1. The van der Waals surface area contributed by atoms with Crippen molar-refractivity contribution in [3.05, 3.63) is 12.2 Å². The van der Waals surface area contributed by atoms with Crippen LogP contribution in [0.2, 0.25) is 0 Å². The van der Waals surface area contributed by atoms with Crippen LogP contribution in [0.15, 0.2) is 12.2 Å². The van der Waals surface area contributed by atoms with Gasteiger partial charge in [0.1, 0.15) is 0 Å². The molecule has 2 atom stereocenters. The van der Waals surface area contributed by atoms with Gasteiger partial charge >= 0.3 is 5.97 Å². The second-order valence-electron chi connectivity index (χ2n) is 4.27. The lowest BCUT2D eigenvalue weighted by Crippen LogP contribution is -1.99. The number of esters is 1. The van der Waals surface area contributed by atoms with Crippen molar-refractivity contribution in [1.29, 1.82) is 0 Å². The van der Waals surface area contributed by atoms with E-state index in [9.17, 15) is 4.79 Å². The highest BCUT2D eigenvalue weighted by Crippen LogP contribution is 2.43. The molecule has 86 valence electrons. The van der Waals surface area contributed by atoms with Gasteiger partial charge in [-0.25, -0.2) is 4.79 Å². The summed E-state index contributed by atoms with van der Waals surface area (Å²) in [6.45, 7) is 4.52. The summed E-state index contributed by atoms with van der Waals surface area (Å²) >= 11 is 0. The maximum atomic E-state index is 11.0. The predicted octanol–water partition coefficient (Wildman–Crippen LogP) is 3.32. The summed E-state index contributed by atoms with van der Waals surface area (Å²) in [4.78, 5) is 11.0. The average molecular weight is 210 g/mol. The van der Waals surface area contributed by atoms with Crippen LogP contribution in [0.3, 0.4) is 0 Å². The summed E-state index contributed by atoms with van der Waals surface area (Å²) in [7, 11) is 0. The Morgan fingerprint density at radius 3 is 2.87 bits per heavy atom. The highest BCUT2D eigenvalue weighted by Gasteiger charge is 2.33. The maximum Gasteiger partial charge on any atom is 0.330 e. The van der Waals surface area contributed by atoms with E-state index in [4.69, 9.17) is 4.74 Å². The normalized spacial score (nSPS) is 24.4. The van der Waals surface area contributed by atoms with E-state index in [2.05, 4.69) is 6.92 Å². The SMILES string of the molecule is CCCCC[C@@H]1C[C@H]1/C=C\C(=O)OCC. The highest BCUT2D eigenvalue weighted by atomic mass is 16.5. The van der Waals surface area contributed by atoms with E-state index < -0.39 is 0 Å². The Bertz CT molecular complexity index is 221. The molecule has 0 aromatic rings. The van der Waals surface area contributed by atoms with Gasteiger partial charge in [-0.2, -0.15) is 0 Å². The van der Waals surface area contributed by atoms with Gasteiger partial charge in [0.15, 0.2) is 0 Å². The van der Waals surface area contributed by atoms with Gasteiger partial charge in [0.05, 0.1) is 6.61 Å². The number of allylic oxidation sites excluding steroid dienone is 1. The summed E-state index contributed by atoms with van der Waals surface area (Å²) in [5.74, 6) is 1.28. The van der Waals surface area contributed by atoms with Crippen LogP contribution in [-0.2, 0) is 9.53 Å². The Hall–Kier alpha value is -0.790. The monoisotopic (exact) mass is 210 g/mol. The van der Waals surface area contributed by atoms with E-state index in [0.717, 1.165) is 5.92 Å². The van der Waals surface area contributed by atoms with Crippen LogP contribution in [0.5, 0.6) is 0 Å². The topological polar surface area (TPSA) is 26.3 Å². The second kappa shape index (κ2) is 6.65. The van der Waals surface area contributed by atoms with Gasteiger partial charge in [0.25, 0.3) is 0 Å². The molecular weight excluding hydrogens is 188 g/mol. The van der Waals surface area contributed by atoms with Crippen molar-refractivity contribution in [2.45, 2.75) is 46.0 Å². The molecule has 0 bridgehead atoms. The summed E-state index contributed by atoms with van der Waals surface area (Å²) < 4.78 is 4.83. The van der Waals surface area contributed by atoms with E-state index in [0.29, 0.717) is 12.5 Å². The molecule has 0 unspecified atom stereocenters. The number of unbranched alkanes of at least 4 members (excludes halogenated alkanes) is 2. The molecule has 0 amide bonds. The Kier molecular flexibility index (Phi) is 5.44. The van der Waals surface area contributed by atoms with Crippen LogP contribution < -0.4 is 0 Å². The highest BCUT2D eigenvalue weighted by molar-refractivity contribution is 5.81. The van der Waals surface area contributed by atoms with Crippen molar-refractivity contribution in [3.63, 3.8) is 0 Å². The largest absolute Gasteiger partial charge is 0.463 e. The molecule has 1 saturated carbocycles. The first kappa shape index (κ1) is 12.3. The molecule has 1 aliphatic carbocycles. The number of rotatable bonds is 7. The fraction of sp³-hybridized carbons (Fsp3) is 0.769. The molecule has 0 aliphatic heterocycles. The lowest BCUT2D eigenvalue weighted by Gasteiger charge is -1.96. The number of carbonyl (C=O) groups is 1. The van der Waals surface area contributed by atoms with E-state index in [1.807, 2.05) is 13.0 Å². The summed E-state index contributed by atoms with van der Waals surface area (Å²) in [5.41, 5.74) is 0. The summed E-state index contributed by atoms with van der Waals surface area (Å²) in [6.07, 6.45) is 10.2. The van der Waals surface area contributed by atoms with Crippen LogP contribution >= 0.6 is 0 Å². The van der Waals surface area contributed by atoms with Crippen LogP contribution in [0, 0.1) is 11.8 Å². The minimum absolute atomic E-state index is 0.197. The first-order valence-corrected chi connectivity index (χ1v) is 6.12. The Balaban J connectivity index is 2.07. The lowest BCUT2D eigenvalue weighted by atomic mass is 10.1. The van der Waals surface area contributed by atoms with Crippen molar-refractivity contribution >= 4 is 5.97 Å². The molecule has 1 rings (SSSR count). The predicted molar refractivity (Wildman–Crippen MR) is 61.5 cm³/mol. The third-order valence-electron chi connectivity index (χ3n) is 2.92. The molecule has 0 radical (unpaired) electrons. The molecule has 0 N–H and O–H groups in total. The van der Waals surface area contributed by atoms with Gasteiger partial charge < -0.3 is 4.74 Å². The first-order valence-electron chi connectivity index (χ1n) is 6.12. The summed E-state index contributed by atoms with van der Waals surface area (Å²) in [6, 6.07) is 0. The lowest BCUT2D eigenvalue weighted by molar-refractivity contribution is -0.137. The maximum absolute atomic E-state index is 11.0. The average Bonchev–Trinajstić information content (AvgIpc) is 2.95.